The summed E-state index contributed by atoms with van der Waals surface area (Å²) in [6.07, 6.45) is 0.342. The van der Waals surface area contributed by atoms with E-state index in [2.05, 4.69) is 5.32 Å². The van der Waals surface area contributed by atoms with Gasteiger partial charge >= 0.3 is 0 Å². The number of anilines is 1. The lowest BCUT2D eigenvalue weighted by Crippen LogP contribution is -2.15. The van der Waals surface area contributed by atoms with Gasteiger partial charge in [0.25, 0.3) is 0 Å². The predicted octanol–water partition coefficient (Wildman–Crippen LogP) is 2.64. The van der Waals surface area contributed by atoms with Crippen LogP contribution in [0.15, 0.2) is 42.5 Å². The van der Waals surface area contributed by atoms with E-state index in [-0.39, 0.29) is 5.91 Å². The number of benzene rings is 2. The Morgan fingerprint density at radius 2 is 2.00 bits per heavy atom. The second-order valence-corrected chi connectivity index (χ2v) is 4.89. The second-order valence-electron chi connectivity index (χ2n) is 4.89. The average molecular weight is 284 g/mol. The van der Waals surface area contributed by atoms with E-state index >= 15 is 0 Å². The maximum atomic E-state index is 12.2. The first-order chi connectivity index (χ1) is 10.1. The van der Waals surface area contributed by atoms with Crippen molar-refractivity contribution in [2.75, 3.05) is 12.4 Å². The summed E-state index contributed by atoms with van der Waals surface area (Å²) >= 11 is 0. The first kappa shape index (κ1) is 15.1. The van der Waals surface area contributed by atoms with Crippen molar-refractivity contribution < 1.29 is 9.53 Å². The molecule has 0 saturated heterocycles. The van der Waals surface area contributed by atoms with E-state index in [1.54, 1.807) is 7.11 Å². The fourth-order valence-electron chi connectivity index (χ4n) is 2.14. The van der Waals surface area contributed by atoms with Crippen molar-refractivity contribution in [1.82, 2.24) is 0 Å². The number of hydrogen-bond acceptors (Lipinski definition) is 3. The molecule has 3 N–H and O–H groups in total. The monoisotopic (exact) mass is 284 g/mol. The largest absolute Gasteiger partial charge is 0.495 e. The van der Waals surface area contributed by atoms with Crippen LogP contribution in [0.25, 0.3) is 0 Å². The van der Waals surface area contributed by atoms with Gasteiger partial charge < -0.3 is 15.8 Å². The zero-order valence-electron chi connectivity index (χ0n) is 12.3. The van der Waals surface area contributed by atoms with Crippen LogP contribution < -0.4 is 15.8 Å². The molecule has 2 rings (SSSR count). The summed E-state index contributed by atoms with van der Waals surface area (Å²) in [6.45, 7) is 2.44. The molecular weight excluding hydrogens is 264 g/mol. The van der Waals surface area contributed by atoms with Gasteiger partial charge in [0.15, 0.2) is 0 Å². The number of hydrogen-bond donors (Lipinski definition) is 2. The molecule has 0 bridgehead atoms. The van der Waals surface area contributed by atoms with Crippen LogP contribution in [0.5, 0.6) is 5.75 Å². The van der Waals surface area contributed by atoms with Gasteiger partial charge in [-0.3, -0.25) is 4.79 Å². The summed E-state index contributed by atoms with van der Waals surface area (Å²) in [5, 5.41) is 2.88. The fourth-order valence-corrected chi connectivity index (χ4v) is 2.14. The number of amides is 1. The van der Waals surface area contributed by atoms with E-state index in [1.165, 1.54) is 0 Å². The number of methoxy groups -OCH3 is 1. The minimum atomic E-state index is -0.0666. The normalized spacial score (nSPS) is 10.2. The lowest BCUT2D eigenvalue weighted by atomic mass is 10.1. The third-order valence-electron chi connectivity index (χ3n) is 3.39. The molecule has 0 fully saturated rings. The lowest BCUT2D eigenvalue weighted by Gasteiger charge is -2.12. The van der Waals surface area contributed by atoms with Crippen molar-refractivity contribution in [2.24, 2.45) is 5.73 Å². The van der Waals surface area contributed by atoms with Gasteiger partial charge in [-0.05, 0) is 35.7 Å². The molecule has 1 amide bonds. The van der Waals surface area contributed by atoms with Crippen molar-refractivity contribution in [3.8, 4) is 5.75 Å². The van der Waals surface area contributed by atoms with Gasteiger partial charge in [0.2, 0.25) is 5.91 Å². The molecule has 0 spiro atoms. The number of carbonyl (C=O) groups is 1. The SMILES string of the molecule is COc1cc(CN)ccc1NC(=O)Cc1ccccc1C. The van der Waals surface area contributed by atoms with Crippen molar-refractivity contribution in [3.05, 3.63) is 59.2 Å². The molecular formula is C17H20N2O2. The first-order valence-electron chi connectivity index (χ1n) is 6.85. The maximum absolute atomic E-state index is 12.2. The Hall–Kier alpha value is -2.33. The van der Waals surface area contributed by atoms with E-state index in [4.69, 9.17) is 10.5 Å². The highest BCUT2D eigenvalue weighted by Gasteiger charge is 2.10. The summed E-state index contributed by atoms with van der Waals surface area (Å²) in [6, 6.07) is 13.4. The molecule has 0 saturated carbocycles. The van der Waals surface area contributed by atoms with Gasteiger partial charge in [-0.2, -0.15) is 0 Å². The molecule has 0 aromatic heterocycles. The molecule has 0 heterocycles. The van der Waals surface area contributed by atoms with Gasteiger partial charge in [0.05, 0.1) is 19.2 Å². The highest BCUT2D eigenvalue weighted by atomic mass is 16.5. The van der Waals surface area contributed by atoms with E-state index in [0.717, 1.165) is 16.7 Å². The summed E-state index contributed by atoms with van der Waals surface area (Å²) < 4.78 is 5.29. The van der Waals surface area contributed by atoms with Gasteiger partial charge in [-0.1, -0.05) is 30.3 Å². The van der Waals surface area contributed by atoms with Crippen LogP contribution in [-0.2, 0) is 17.8 Å². The van der Waals surface area contributed by atoms with Crippen LogP contribution >= 0.6 is 0 Å². The van der Waals surface area contributed by atoms with Gasteiger partial charge in [-0.15, -0.1) is 0 Å². The average Bonchev–Trinajstić information content (AvgIpc) is 2.50. The summed E-state index contributed by atoms with van der Waals surface area (Å²) in [5.41, 5.74) is 9.35. The van der Waals surface area contributed by atoms with Crippen molar-refractivity contribution >= 4 is 11.6 Å². The lowest BCUT2D eigenvalue weighted by molar-refractivity contribution is -0.115. The highest BCUT2D eigenvalue weighted by Crippen LogP contribution is 2.25. The molecule has 21 heavy (non-hydrogen) atoms. The zero-order valence-corrected chi connectivity index (χ0v) is 12.3. The smallest absolute Gasteiger partial charge is 0.228 e. The molecule has 110 valence electrons. The molecule has 2 aromatic rings. The molecule has 0 atom stereocenters. The Bertz CT molecular complexity index is 638. The van der Waals surface area contributed by atoms with Crippen molar-refractivity contribution in [2.45, 2.75) is 19.9 Å². The van der Waals surface area contributed by atoms with Crippen LogP contribution in [0.2, 0.25) is 0 Å². The Kier molecular flexibility index (Phi) is 4.95. The van der Waals surface area contributed by atoms with Crippen LogP contribution in [0.3, 0.4) is 0 Å². The van der Waals surface area contributed by atoms with Crippen LogP contribution in [0.4, 0.5) is 5.69 Å². The van der Waals surface area contributed by atoms with Crippen LogP contribution in [-0.4, -0.2) is 13.0 Å². The van der Waals surface area contributed by atoms with E-state index in [0.29, 0.717) is 24.4 Å². The number of nitrogens with one attached hydrogen (secondary N) is 1. The number of aryl methyl sites for hydroxylation is 1. The summed E-state index contributed by atoms with van der Waals surface area (Å²) in [4.78, 5) is 12.2. The van der Waals surface area contributed by atoms with Gasteiger partial charge in [-0.25, -0.2) is 0 Å². The predicted molar refractivity (Wildman–Crippen MR) is 84.4 cm³/mol. The van der Waals surface area contributed by atoms with Crippen molar-refractivity contribution in [1.29, 1.82) is 0 Å². The Labute approximate surface area is 124 Å². The number of carbonyl (C=O) groups excluding carboxylic acids is 1. The summed E-state index contributed by atoms with van der Waals surface area (Å²) in [7, 11) is 1.58. The molecule has 0 unspecified atom stereocenters. The second kappa shape index (κ2) is 6.90. The van der Waals surface area contributed by atoms with Gasteiger partial charge in [0.1, 0.15) is 5.75 Å². The minimum absolute atomic E-state index is 0.0666. The topological polar surface area (TPSA) is 64.3 Å². The quantitative estimate of drug-likeness (QED) is 0.887. The molecule has 0 radical (unpaired) electrons. The number of nitrogens with two attached hydrogens (primary N) is 1. The Morgan fingerprint density at radius 1 is 1.24 bits per heavy atom. The maximum Gasteiger partial charge on any atom is 0.228 e. The van der Waals surface area contributed by atoms with E-state index < -0.39 is 0 Å². The number of ether oxygens (including phenoxy) is 1. The molecule has 0 aliphatic rings. The zero-order chi connectivity index (χ0) is 15.2. The van der Waals surface area contributed by atoms with Crippen LogP contribution in [0.1, 0.15) is 16.7 Å². The standard InChI is InChI=1S/C17H20N2O2/c1-12-5-3-4-6-14(12)10-17(20)19-15-8-7-13(11-18)9-16(15)21-2/h3-9H,10-11,18H2,1-2H3,(H,19,20). The number of rotatable bonds is 5. The third-order valence-corrected chi connectivity index (χ3v) is 3.39. The van der Waals surface area contributed by atoms with Crippen LogP contribution in [0, 0.1) is 6.92 Å². The Morgan fingerprint density at radius 3 is 2.67 bits per heavy atom. The highest BCUT2D eigenvalue weighted by molar-refractivity contribution is 5.93. The fraction of sp³-hybridized carbons (Fsp3) is 0.235. The molecule has 4 nitrogen and oxygen atoms in total. The third kappa shape index (κ3) is 3.83. The first-order valence-corrected chi connectivity index (χ1v) is 6.85. The molecule has 2 aromatic carbocycles. The van der Waals surface area contributed by atoms with E-state index in [9.17, 15) is 4.79 Å². The summed E-state index contributed by atoms with van der Waals surface area (Å²) in [5.74, 6) is 0.555. The molecule has 0 aliphatic carbocycles. The van der Waals surface area contributed by atoms with Crippen molar-refractivity contribution in [3.63, 3.8) is 0 Å². The minimum Gasteiger partial charge on any atom is -0.495 e. The molecule has 0 aliphatic heterocycles. The molecule has 4 heteroatoms. The van der Waals surface area contributed by atoms with E-state index in [1.807, 2.05) is 49.4 Å². The Balaban J connectivity index is 2.11. The van der Waals surface area contributed by atoms with Gasteiger partial charge in [0, 0.05) is 6.54 Å².